The predicted octanol–water partition coefficient (Wildman–Crippen LogP) is 3.68. The first kappa shape index (κ1) is 20.3. The van der Waals surface area contributed by atoms with Crippen LogP contribution < -0.4 is 0 Å². The number of carbonyl (C=O) groups is 1. The summed E-state index contributed by atoms with van der Waals surface area (Å²) in [6.07, 6.45) is 2.07. The number of H-pyrrole nitrogens is 1. The second kappa shape index (κ2) is 8.86. The Morgan fingerprint density at radius 2 is 1.81 bits per heavy atom. The second-order valence-electron chi connectivity index (χ2n) is 7.86. The van der Waals surface area contributed by atoms with Gasteiger partial charge in [-0.3, -0.25) is 14.8 Å². The van der Waals surface area contributed by atoms with Gasteiger partial charge in [-0.05, 0) is 24.0 Å². The van der Waals surface area contributed by atoms with E-state index in [2.05, 4.69) is 45.6 Å². The van der Waals surface area contributed by atoms with Gasteiger partial charge in [0.15, 0.2) is 0 Å². The highest BCUT2D eigenvalue weighted by atomic mass is 32.2. The summed E-state index contributed by atoms with van der Waals surface area (Å²) in [7, 11) is 0. The van der Waals surface area contributed by atoms with Crippen LogP contribution in [0.4, 0.5) is 0 Å². The van der Waals surface area contributed by atoms with Crippen molar-refractivity contribution in [2.75, 3.05) is 45.6 Å². The minimum Gasteiger partial charge on any atom is -0.379 e. The number of benzene rings is 2. The normalized spacial score (nSPS) is 19.1. The summed E-state index contributed by atoms with van der Waals surface area (Å²) >= 11 is 1.72. The van der Waals surface area contributed by atoms with Gasteiger partial charge in [-0.1, -0.05) is 42.5 Å². The number of nitrogens with zero attached hydrogens (tertiary/aromatic N) is 3. The van der Waals surface area contributed by atoms with Crippen LogP contribution >= 0.6 is 11.8 Å². The van der Waals surface area contributed by atoms with E-state index in [1.54, 1.807) is 11.8 Å². The van der Waals surface area contributed by atoms with Gasteiger partial charge in [-0.25, -0.2) is 0 Å². The van der Waals surface area contributed by atoms with Crippen LogP contribution in [-0.4, -0.2) is 71.6 Å². The first-order valence-electron chi connectivity index (χ1n) is 10.6. The number of hydrogen-bond acceptors (Lipinski definition) is 5. The molecule has 1 amide bonds. The number of aromatic nitrogens is 2. The lowest BCUT2D eigenvalue weighted by atomic mass is 9.96. The number of amides is 1. The fourth-order valence-electron chi connectivity index (χ4n) is 4.45. The fraction of sp³-hybridized carbons (Fsp3) is 0.333. The summed E-state index contributed by atoms with van der Waals surface area (Å²) in [6, 6.07) is 18.5. The number of ether oxygens (including phenoxy) is 1. The van der Waals surface area contributed by atoms with Crippen molar-refractivity contribution in [3.63, 3.8) is 0 Å². The lowest BCUT2D eigenvalue weighted by Crippen LogP contribution is -2.42. The third-order valence-electron chi connectivity index (χ3n) is 6.10. The third-order valence-corrected chi connectivity index (χ3v) is 6.85. The molecule has 31 heavy (non-hydrogen) atoms. The number of hydrogen-bond donors (Lipinski definition) is 1. The monoisotopic (exact) mass is 434 g/mol. The Labute approximate surface area is 186 Å². The SMILES string of the molecule is CSc1ccc(C2c3c(-c4ccccc4)n[nH]c3C(=O)N2CCN2CCOCC2)cc1. The quantitative estimate of drug-likeness (QED) is 0.600. The Morgan fingerprint density at radius 1 is 1.06 bits per heavy atom. The van der Waals surface area contributed by atoms with Gasteiger partial charge in [-0.15, -0.1) is 11.8 Å². The summed E-state index contributed by atoms with van der Waals surface area (Å²) in [5, 5.41) is 7.59. The first-order chi connectivity index (χ1) is 15.3. The zero-order valence-electron chi connectivity index (χ0n) is 17.6. The first-order valence-corrected chi connectivity index (χ1v) is 11.9. The summed E-state index contributed by atoms with van der Waals surface area (Å²) in [5.41, 5.74) is 4.59. The largest absolute Gasteiger partial charge is 0.379 e. The smallest absolute Gasteiger partial charge is 0.273 e. The van der Waals surface area contributed by atoms with Crippen molar-refractivity contribution in [2.45, 2.75) is 10.9 Å². The molecule has 1 aromatic heterocycles. The van der Waals surface area contributed by atoms with E-state index in [1.807, 2.05) is 35.2 Å². The van der Waals surface area contributed by atoms with Crippen LogP contribution in [0, 0.1) is 0 Å². The van der Waals surface area contributed by atoms with Crippen molar-refractivity contribution in [3.05, 3.63) is 71.4 Å². The predicted molar refractivity (Wildman–Crippen MR) is 122 cm³/mol. The zero-order valence-corrected chi connectivity index (χ0v) is 18.4. The number of nitrogens with one attached hydrogen (secondary N) is 1. The van der Waals surface area contributed by atoms with Gasteiger partial charge >= 0.3 is 0 Å². The number of rotatable bonds is 6. The molecule has 5 rings (SSSR count). The molecular weight excluding hydrogens is 408 g/mol. The molecule has 1 atom stereocenters. The van der Waals surface area contributed by atoms with Crippen molar-refractivity contribution in [1.29, 1.82) is 0 Å². The summed E-state index contributed by atoms with van der Waals surface area (Å²) in [5.74, 6) is 0.0249. The minimum atomic E-state index is -0.145. The van der Waals surface area contributed by atoms with E-state index in [1.165, 1.54) is 4.90 Å². The van der Waals surface area contributed by atoms with E-state index in [9.17, 15) is 4.79 Å². The molecule has 0 aliphatic carbocycles. The number of morpholine rings is 1. The lowest BCUT2D eigenvalue weighted by Gasteiger charge is -2.31. The highest BCUT2D eigenvalue weighted by Crippen LogP contribution is 2.42. The summed E-state index contributed by atoms with van der Waals surface area (Å²) < 4.78 is 5.47. The van der Waals surface area contributed by atoms with E-state index >= 15 is 0 Å². The third kappa shape index (κ3) is 3.89. The van der Waals surface area contributed by atoms with Crippen molar-refractivity contribution >= 4 is 17.7 Å². The average Bonchev–Trinajstić information content (AvgIpc) is 3.38. The van der Waals surface area contributed by atoms with Crippen LogP contribution in [-0.2, 0) is 4.74 Å². The maximum atomic E-state index is 13.4. The molecule has 2 aliphatic rings. The molecule has 2 aliphatic heterocycles. The number of thioether (sulfide) groups is 1. The molecule has 0 spiro atoms. The van der Waals surface area contributed by atoms with Crippen LogP contribution in [0.1, 0.15) is 27.7 Å². The summed E-state index contributed by atoms with van der Waals surface area (Å²) in [4.78, 5) is 19.0. The molecule has 3 heterocycles. The van der Waals surface area contributed by atoms with Gasteiger partial charge in [0.25, 0.3) is 5.91 Å². The van der Waals surface area contributed by atoms with Crippen LogP contribution in [0.2, 0.25) is 0 Å². The van der Waals surface area contributed by atoms with Crippen molar-refractivity contribution < 1.29 is 9.53 Å². The zero-order chi connectivity index (χ0) is 21.2. The van der Waals surface area contributed by atoms with Gasteiger partial charge in [0.2, 0.25) is 0 Å². The van der Waals surface area contributed by atoms with E-state index in [-0.39, 0.29) is 11.9 Å². The molecule has 2 aromatic carbocycles. The van der Waals surface area contributed by atoms with Crippen molar-refractivity contribution in [2.24, 2.45) is 0 Å². The molecule has 0 bridgehead atoms. The molecule has 1 saturated heterocycles. The van der Waals surface area contributed by atoms with Gasteiger partial charge in [0.1, 0.15) is 5.69 Å². The second-order valence-corrected chi connectivity index (χ2v) is 8.73. The molecule has 1 N–H and O–H groups in total. The van der Waals surface area contributed by atoms with E-state index < -0.39 is 0 Å². The molecule has 6 nitrogen and oxygen atoms in total. The maximum absolute atomic E-state index is 13.4. The van der Waals surface area contributed by atoms with Crippen molar-refractivity contribution in [3.8, 4) is 11.3 Å². The Balaban J connectivity index is 1.52. The van der Waals surface area contributed by atoms with Crippen LogP contribution in [0.3, 0.4) is 0 Å². The molecule has 1 fully saturated rings. The van der Waals surface area contributed by atoms with E-state index in [4.69, 9.17) is 4.74 Å². The van der Waals surface area contributed by atoms with Crippen molar-refractivity contribution in [1.82, 2.24) is 20.0 Å². The Bertz CT molecular complexity index is 1050. The molecule has 3 aromatic rings. The highest BCUT2D eigenvalue weighted by Gasteiger charge is 2.42. The molecule has 1 unspecified atom stereocenters. The Kier molecular flexibility index (Phi) is 5.80. The van der Waals surface area contributed by atoms with Crippen LogP contribution in [0.15, 0.2) is 59.5 Å². The summed E-state index contributed by atoms with van der Waals surface area (Å²) in [6.45, 7) is 4.86. The van der Waals surface area contributed by atoms with Gasteiger partial charge in [-0.2, -0.15) is 5.10 Å². The average molecular weight is 435 g/mol. The Hall–Kier alpha value is -2.61. The lowest BCUT2D eigenvalue weighted by molar-refractivity contribution is 0.0316. The molecule has 0 saturated carbocycles. The topological polar surface area (TPSA) is 61.5 Å². The number of fused-ring (bicyclic) bond motifs is 1. The number of carbonyl (C=O) groups excluding carboxylic acids is 1. The fourth-order valence-corrected chi connectivity index (χ4v) is 4.86. The standard InChI is InChI=1S/C24H26N4O2S/c1-31-19-9-7-18(8-10-19)23-20-21(17-5-3-2-4-6-17)25-26-22(20)24(29)28(23)12-11-27-13-15-30-16-14-27/h2-10,23H,11-16H2,1H3,(H,25,26). The molecular formula is C24H26N4O2S. The van der Waals surface area contributed by atoms with E-state index in [0.717, 1.165) is 55.2 Å². The van der Waals surface area contributed by atoms with Crippen LogP contribution in [0.25, 0.3) is 11.3 Å². The number of aromatic amines is 1. The minimum absolute atomic E-state index is 0.0249. The Morgan fingerprint density at radius 3 is 2.52 bits per heavy atom. The maximum Gasteiger partial charge on any atom is 0.273 e. The van der Waals surface area contributed by atoms with Gasteiger partial charge in [0.05, 0.1) is 24.9 Å². The molecule has 7 heteroatoms. The van der Waals surface area contributed by atoms with Gasteiger partial charge in [0, 0.05) is 42.2 Å². The van der Waals surface area contributed by atoms with E-state index in [0.29, 0.717) is 12.2 Å². The molecule has 160 valence electrons. The van der Waals surface area contributed by atoms with Crippen LogP contribution in [0.5, 0.6) is 0 Å². The van der Waals surface area contributed by atoms with Gasteiger partial charge < -0.3 is 9.64 Å². The highest BCUT2D eigenvalue weighted by molar-refractivity contribution is 7.98. The molecule has 0 radical (unpaired) electrons.